The van der Waals surface area contributed by atoms with Crippen LogP contribution >= 0.6 is 0 Å². The largest absolute Gasteiger partial charge is 0.378 e. The molecule has 0 spiro atoms. The van der Waals surface area contributed by atoms with Gasteiger partial charge in [-0.3, -0.25) is 0 Å². The molecule has 1 N–H and O–H groups in total. The summed E-state index contributed by atoms with van der Waals surface area (Å²) in [5, 5.41) is 3.64. The molecule has 2 saturated heterocycles. The van der Waals surface area contributed by atoms with Crippen LogP contribution < -0.4 is 5.32 Å². The molecule has 3 heteroatoms. The van der Waals surface area contributed by atoms with Crippen LogP contribution in [0.25, 0.3) is 0 Å². The van der Waals surface area contributed by atoms with Crippen LogP contribution in [0.15, 0.2) is 0 Å². The highest BCUT2D eigenvalue weighted by Gasteiger charge is 2.16. The number of ether oxygens (including phenoxy) is 1. The zero-order valence-corrected chi connectivity index (χ0v) is 11.3. The molecule has 2 aliphatic rings. The molecule has 100 valence electrons. The summed E-state index contributed by atoms with van der Waals surface area (Å²) in [6, 6.07) is 0.637. The number of hydrogen-bond donors (Lipinski definition) is 1. The molecule has 17 heavy (non-hydrogen) atoms. The Morgan fingerprint density at radius 3 is 2.82 bits per heavy atom. The highest BCUT2D eigenvalue weighted by molar-refractivity contribution is 4.73. The van der Waals surface area contributed by atoms with E-state index in [1.165, 1.54) is 58.2 Å². The van der Waals surface area contributed by atoms with E-state index < -0.39 is 0 Å². The Bertz CT molecular complexity index is 198. The van der Waals surface area contributed by atoms with E-state index in [4.69, 9.17) is 4.74 Å². The molecular weight excluding hydrogens is 212 g/mol. The maximum Gasteiger partial charge on any atom is 0.0576 e. The van der Waals surface area contributed by atoms with Gasteiger partial charge in [0.2, 0.25) is 0 Å². The summed E-state index contributed by atoms with van der Waals surface area (Å²) in [6.45, 7) is 8.28. The summed E-state index contributed by atoms with van der Waals surface area (Å²) < 4.78 is 5.63. The van der Waals surface area contributed by atoms with Crippen LogP contribution in [-0.2, 0) is 4.74 Å². The predicted molar refractivity (Wildman–Crippen MR) is 71.3 cm³/mol. The smallest absolute Gasteiger partial charge is 0.0576 e. The standard InChI is InChI=1S/C14H28N2O/c1-13(12-16-9-2-3-10-16)15-8-4-6-14-7-5-11-17-14/h13-15H,2-12H2,1H3. The molecule has 0 amide bonds. The van der Waals surface area contributed by atoms with E-state index in [1.807, 2.05) is 0 Å². The van der Waals surface area contributed by atoms with Crippen molar-refractivity contribution in [3.05, 3.63) is 0 Å². The van der Waals surface area contributed by atoms with Crippen LogP contribution in [0.1, 0.15) is 45.4 Å². The first kappa shape index (κ1) is 13.3. The van der Waals surface area contributed by atoms with Gasteiger partial charge < -0.3 is 15.0 Å². The highest BCUT2D eigenvalue weighted by atomic mass is 16.5. The lowest BCUT2D eigenvalue weighted by Gasteiger charge is -2.21. The quantitative estimate of drug-likeness (QED) is 0.689. The molecule has 0 saturated carbocycles. The minimum atomic E-state index is 0.561. The first-order valence-electron chi connectivity index (χ1n) is 7.42. The SMILES string of the molecule is CC(CN1CCCC1)NCCCC1CCCO1. The molecule has 0 aromatic heterocycles. The van der Waals surface area contributed by atoms with Crippen molar-refractivity contribution in [2.45, 2.75) is 57.6 Å². The second-order valence-electron chi connectivity index (χ2n) is 5.64. The molecule has 0 aromatic carbocycles. The summed E-state index contributed by atoms with van der Waals surface area (Å²) in [5.74, 6) is 0. The van der Waals surface area contributed by atoms with Crippen LogP contribution in [0.2, 0.25) is 0 Å². The summed E-state index contributed by atoms with van der Waals surface area (Å²) >= 11 is 0. The first-order chi connectivity index (χ1) is 8.34. The van der Waals surface area contributed by atoms with Crippen molar-refractivity contribution in [3.63, 3.8) is 0 Å². The van der Waals surface area contributed by atoms with Gasteiger partial charge in [-0.15, -0.1) is 0 Å². The van der Waals surface area contributed by atoms with Gasteiger partial charge in [-0.05, 0) is 65.1 Å². The Balaban J connectivity index is 1.46. The fraction of sp³-hybridized carbons (Fsp3) is 1.00. The van der Waals surface area contributed by atoms with Gasteiger partial charge in [0.25, 0.3) is 0 Å². The molecule has 2 fully saturated rings. The predicted octanol–water partition coefficient (Wildman–Crippen LogP) is 2.02. The van der Waals surface area contributed by atoms with E-state index >= 15 is 0 Å². The molecule has 0 aliphatic carbocycles. The molecule has 2 heterocycles. The van der Waals surface area contributed by atoms with Crippen molar-refractivity contribution in [3.8, 4) is 0 Å². The number of likely N-dealkylation sites (tertiary alicyclic amines) is 1. The van der Waals surface area contributed by atoms with Gasteiger partial charge in [0.05, 0.1) is 6.10 Å². The summed E-state index contributed by atoms with van der Waals surface area (Å²) in [5.41, 5.74) is 0. The molecule has 0 bridgehead atoms. The number of nitrogens with one attached hydrogen (secondary N) is 1. The zero-order valence-electron chi connectivity index (χ0n) is 11.3. The summed E-state index contributed by atoms with van der Waals surface area (Å²) in [4.78, 5) is 2.58. The summed E-state index contributed by atoms with van der Waals surface area (Å²) in [7, 11) is 0. The lowest BCUT2D eigenvalue weighted by atomic mass is 10.1. The molecule has 2 unspecified atom stereocenters. The van der Waals surface area contributed by atoms with E-state index in [0.29, 0.717) is 12.1 Å². The molecular formula is C14H28N2O. The van der Waals surface area contributed by atoms with Gasteiger partial charge in [-0.2, -0.15) is 0 Å². The topological polar surface area (TPSA) is 24.5 Å². The van der Waals surface area contributed by atoms with Crippen molar-refractivity contribution in [1.29, 1.82) is 0 Å². The molecule has 2 rings (SSSR count). The van der Waals surface area contributed by atoms with Crippen molar-refractivity contribution in [2.24, 2.45) is 0 Å². The highest BCUT2D eigenvalue weighted by Crippen LogP contribution is 2.16. The second kappa shape index (κ2) is 7.34. The molecule has 2 atom stereocenters. The Kier molecular flexibility index (Phi) is 5.75. The monoisotopic (exact) mass is 240 g/mol. The molecule has 0 aromatic rings. The second-order valence-corrected chi connectivity index (χ2v) is 5.64. The molecule has 2 aliphatic heterocycles. The lowest BCUT2D eigenvalue weighted by Crippen LogP contribution is -2.38. The molecule has 3 nitrogen and oxygen atoms in total. The van der Waals surface area contributed by atoms with Crippen LogP contribution in [0, 0.1) is 0 Å². The third kappa shape index (κ3) is 4.94. The minimum absolute atomic E-state index is 0.561. The van der Waals surface area contributed by atoms with Gasteiger partial charge in [-0.25, -0.2) is 0 Å². The maximum absolute atomic E-state index is 5.63. The van der Waals surface area contributed by atoms with Crippen LogP contribution in [0.3, 0.4) is 0 Å². The van der Waals surface area contributed by atoms with Gasteiger partial charge in [-0.1, -0.05) is 0 Å². The van der Waals surface area contributed by atoms with E-state index in [0.717, 1.165) is 13.2 Å². The normalized spacial score (nSPS) is 27.7. The zero-order chi connectivity index (χ0) is 11.9. The van der Waals surface area contributed by atoms with Crippen LogP contribution in [0.4, 0.5) is 0 Å². The lowest BCUT2D eigenvalue weighted by molar-refractivity contribution is 0.102. The summed E-state index contributed by atoms with van der Waals surface area (Å²) in [6.07, 6.45) is 8.40. The van der Waals surface area contributed by atoms with Crippen molar-refractivity contribution in [2.75, 3.05) is 32.8 Å². The third-order valence-corrected chi connectivity index (χ3v) is 3.95. The Morgan fingerprint density at radius 1 is 1.29 bits per heavy atom. The van der Waals surface area contributed by atoms with E-state index in [-0.39, 0.29) is 0 Å². The number of hydrogen-bond acceptors (Lipinski definition) is 3. The van der Waals surface area contributed by atoms with Gasteiger partial charge >= 0.3 is 0 Å². The van der Waals surface area contributed by atoms with Gasteiger partial charge in [0, 0.05) is 19.2 Å². The van der Waals surface area contributed by atoms with Crippen LogP contribution in [0.5, 0.6) is 0 Å². The number of rotatable bonds is 7. The first-order valence-corrected chi connectivity index (χ1v) is 7.42. The van der Waals surface area contributed by atoms with Crippen molar-refractivity contribution >= 4 is 0 Å². The fourth-order valence-electron chi connectivity index (χ4n) is 2.97. The fourth-order valence-corrected chi connectivity index (χ4v) is 2.97. The molecule has 0 radical (unpaired) electrons. The van der Waals surface area contributed by atoms with Crippen molar-refractivity contribution in [1.82, 2.24) is 10.2 Å². The number of nitrogens with zero attached hydrogens (tertiary/aromatic N) is 1. The minimum Gasteiger partial charge on any atom is -0.378 e. The maximum atomic E-state index is 5.63. The van der Waals surface area contributed by atoms with E-state index in [1.54, 1.807) is 0 Å². The average molecular weight is 240 g/mol. The third-order valence-electron chi connectivity index (χ3n) is 3.95. The van der Waals surface area contributed by atoms with E-state index in [9.17, 15) is 0 Å². The van der Waals surface area contributed by atoms with Gasteiger partial charge in [0.1, 0.15) is 0 Å². The Labute approximate surface area is 106 Å². The Hall–Kier alpha value is -0.120. The average Bonchev–Trinajstić information content (AvgIpc) is 2.96. The van der Waals surface area contributed by atoms with Crippen LogP contribution in [-0.4, -0.2) is 49.8 Å². The van der Waals surface area contributed by atoms with Crippen molar-refractivity contribution < 1.29 is 4.74 Å². The Morgan fingerprint density at radius 2 is 2.12 bits per heavy atom. The van der Waals surface area contributed by atoms with E-state index in [2.05, 4.69) is 17.1 Å². The van der Waals surface area contributed by atoms with Gasteiger partial charge in [0.15, 0.2) is 0 Å².